The molecule has 0 aromatic rings. The Balaban J connectivity index is 2.39. The minimum absolute atomic E-state index is 0.824. The van der Waals surface area contributed by atoms with Crippen molar-refractivity contribution < 1.29 is 0 Å². The Hall–Kier alpha value is -0.0400. The molecule has 1 rings (SSSR count). The number of rotatable bonds is 0. The van der Waals surface area contributed by atoms with Gasteiger partial charge in [-0.25, -0.2) is 0 Å². The first-order chi connectivity index (χ1) is 3.70. The van der Waals surface area contributed by atoms with Crippen LogP contribution in [-0.2, 0) is 0 Å². The Morgan fingerprint density at radius 3 is 2.12 bits per heavy atom. The van der Waals surface area contributed by atoms with Gasteiger partial charge in [0.15, 0.2) is 0 Å². The van der Waals surface area contributed by atoms with Gasteiger partial charge in [-0.3, -0.25) is 0 Å². The van der Waals surface area contributed by atoms with Gasteiger partial charge in [0.1, 0.15) is 0 Å². The van der Waals surface area contributed by atoms with Crippen LogP contribution < -0.4 is 0 Å². The first-order valence-corrected chi connectivity index (χ1v) is 3.40. The van der Waals surface area contributed by atoms with E-state index in [9.17, 15) is 0 Å². The minimum Gasteiger partial charge on any atom is -0.303 e. The molecule has 0 saturated carbocycles. The fraction of sp³-hybridized carbons (Fsp3) is 1.00. The van der Waals surface area contributed by atoms with E-state index in [1.807, 2.05) is 0 Å². The summed E-state index contributed by atoms with van der Waals surface area (Å²) in [7, 11) is 2.20. The third-order valence-electron chi connectivity index (χ3n) is 2.10. The van der Waals surface area contributed by atoms with Crippen molar-refractivity contribution in [1.82, 2.24) is 4.90 Å². The molecule has 0 spiro atoms. The number of hydrogen-bond donors (Lipinski definition) is 0. The van der Waals surface area contributed by atoms with Gasteiger partial charge in [-0.05, 0) is 26.3 Å². The van der Waals surface area contributed by atoms with E-state index in [0.717, 1.165) is 12.0 Å². The van der Waals surface area contributed by atoms with E-state index < -0.39 is 0 Å². The lowest BCUT2D eigenvalue weighted by Gasteiger charge is -2.12. The summed E-state index contributed by atoms with van der Waals surface area (Å²) in [6, 6.07) is 0.824. The Bertz CT molecular complexity index is 70.5. The number of likely N-dealkylation sites (tertiary alicyclic amines) is 1. The number of nitrogens with zero attached hydrogens (tertiary/aromatic N) is 1. The third kappa shape index (κ3) is 1.03. The maximum atomic E-state index is 2.42. The molecule has 0 radical (unpaired) electrons. The van der Waals surface area contributed by atoms with Crippen molar-refractivity contribution in [2.45, 2.75) is 26.3 Å². The molecule has 1 nitrogen and oxygen atoms in total. The summed E-state index contributed by atoms with van der Waals surface area (Å²) in [5, 5.41) is 0. The van der Waals surface area contributed by atoms with Gasteiger partial charge in [0.25, 0.3) is 0 Å². The topological polar surface area (TPSA) is 3.24 Å². The zero-order chi connectivity index (χ0) is 6.15. The highest BCUT2D eigenvalue weighted by molar-refractivity contribution is 4.76. The average molecular weight is 113 g/mol. The van der Waals surface area contributed by atoms with Crippen LogP contribution in [0.2, 0.25) is 0 Å². The van der Waals surface area contributed by atoms with Crippen molar-refractivity contribution in [2.75, 3.05) is 13.6 Å². The fourth-order valence-corrected chi connectivity index (χ4v) is 1.51. The van der Waals surface area contributed by atoms with E-state index in [0.29, 0.717) is 0 Å². The van der Waals surface area contributed by atoms with Crippen molar-refractivity contribution >= 4 is 0 Å². The van der Waals surface area contributed by atoms with Gasteiger partial charge >= 0.3 is 0 Å². The Labute approximate surface area is 51.7 Å². The van der Waals surface area contributed by atoms with E-state index in [2.05, 4.69) is 25.8 Å². The second-order valence-electron chi connectivity index (χ2n) is 3.13. The van der Waals surface area contributed by atoms with Gasteiger partial charge in [0.2, 0.25) is 0 Å². The molecule has 0 aromatic heterocycles. The maximum absolute atomic E-state index is 2.42. The highest BCUT2D eigenvalue weighted by Gasteiger charge is 2.21. The summed E-state index contributed by atoms with van der Waals surface area (Å²) >= 11 is 0. The first kappa shape index (κ1) is 6.09. The zero-order valence-corrected chi connectivity index (χ0v) is 6.02. The average Bonchev–Trinajstić information content (AvgIpc) is 1.85. The molecule has 2 atom stereocenters. The molecule has 0 N–H and O–H groups in total. The van der Waals surface area contributed by atoms with E-state index in [1.165, 1.54) is 13.0 Å². The highest BCUT2D eigenvalue weighted by Crippen LogP contribution is 2.19. The lowest BCUT2D eigenvalue weighted by Crippen LogP contribution is -2.21. The van der Waals surface area contributed by atoms with Crippen LogP contribution >= 0.6 is 0 Å². The molecule has 0 bridgehead atoms. The van der Waals surface area contributed by atoms with Crippen LogP contribution in [0.4, 0.5) is 0 Å². The molecule has 0 aliphatic carbocycles. The monoisotopic (exact) mass is 113 g/mol. The van der Waals surface area contributed by atoms with E-state index in [-0.39, 0.29) is 0 Å². The van der Waals surface area contributed by atoms with Gasteiger partial charge < -0.3 is 4.90 Å². The predicted octanol–water partition coefficient (Wildman–Crippen LogP) is 1.35. The van der Waals surface area contributed by atoms with Crippen molar-refractivity contribution in [2.24, 2.45) is 5.92 Å². The van der Waals surface area contributed by atoms with E-state index in [1.54, 1.807) is 0 Å². The van der Waals surface area contributed by atoms with Crippen molar-refractivity contribution in [3.8, 4) is 0 Å². The molecular formula is C7H15N. The van der Waals surface area contributed by atoms with Crippen LogP contribution in [0.1, 0.15) is 20.3 Å². The van der Waals surface area contributed by atoms with Gasteiger partial charge in [-0.15, -0.1) is 0 Å². The summed E-state index contributed by atoms with van der Waals surface area (Å²) < 4.78 is 0. The second-order valence-corrected chi connectivity index (χ2v) is 3.13. The Kier molecular flexibility index (Phi) is 1.57. The normalized spacial score (nSPS) is 40.9. The zero-order valence-electron chi connectivity index (χ0n) is 6.02. The molecule has 0 amide bonds. The highest BCUT2D eigenvalue weighted by atomic mass is 15.1. The van der Waals surface area contributed by atoms with E-state index >= 15 is 0 Å². The van der Waals surface area contributed by atoms with Crippen LogP contribution in [0, 0.1) is 5.92 Å². The second kappa shape index (κ2) is 2.06. The van der Waals surface area contributed by atoms with Crippen LogP contribution in [0.3, 0.4) is 0 Å². The Morgan fingerprint density at radius 2 is 2.00 bits per heavy atom. The van der Waals surface area contributed by atoms with Crippen LogP contribution in [0.15, 0.2) is 0 Å². The van der Waals surface area contributed by atoms with Crippen molar-refractivity contribution in [3.63, 3.8) is 0 Å². The number of hydrogen-bond acceptors (Lipinski definition) is 1. The molecule has 1 heterocycles. The van der Waals surface area contributed by atoms with Gasteiger partial charge in [0.05, 0.1) is 0 Å². The van der Waals surface area contributed by atoms with Crippen molar-refractivity contribution in [3.05, 3.63) is 0 Å². The maximum Gasteiger partial charge on any atom is 0.00670 e. The predicted molar refractivity (Wildman–Crippen MR) is 35.9 cm³/mol. The summed E-state index contributed by atoms with van der Waals surface area (Å²) in [5.74, 6) is 0.926. The minimum atomic E-state index is 0.824. The molecule has 0 aromatic carbocycles. The van der Waals surface area contributed by atoms with Gasteiger partial charge in [-0.1, -0.05) is 6.92 Å². The van der Waals surface area contributed by atoms with E-state index in [4.69, 9.17) is 0 Å². The lowest BCUT2D eigenvalue weighted by atomic mass is 10.1. The summed E-state index contributed by atoms with van der Waals surface area (Å²) in [4.78, 5) is 2.42. The van der Waals surface area contributed by atoms with Crippen LogP contribution in [-0.4, -0.2) is 24.5 Å². The molecule has 8 heavy (non-hydrogen) atoms. The largest absolute Gasteiger partial charge is 0.303 e. The molecule has 0 unspecified atom stereocenters. The van der Waals surface area contributed by atoms with Crippen LogP contribution in [0.25, 0.3) is 0 Å². The first-order valence-electron chi connectivity index (χ1n) is 3.40. The van der Waals surface area contributed by atoms with Gasteiger partial charge in [-0.2, -0.15) is 0 Å². The summed E-state index contributed by atoms with van der Waals surface area (Å²) in [6.45, 7) is 5.91. The molecular weight excluding hydrogens is 98.1 g/mol. The fourth-order valence-electron chi connectivity index (χ4n) is 1.51. The molecule has 1 saturated heterocycles. The third-order valence-corrected chi connectivity index (χ3v) is 2.10. The SMILES string of the molecule is C[C@@H]1C[C@@H](C)N(C)C1. The summed E-state index contributed by atoms with van der Waals surface area (Å²) in [5.41, 5.74) is 0. The lowest BCUT2D eigenvalue weighted by molar-refractivity contribution is 0.327. The quantitative estimate of drug-likeness (QED) is 0.458. The molecule has 1 heteroatoms. The molecule has 1 aliphatic heterocycles. The Morgan fingerprint density at radius 1 is 1.38 bits per heavy atom. The standard InChI is InChI=1S/C7H15N/c1-6-4-7(2)8(3)5-6/h6-7H,4-5H2,1-3H3/t6-,7-/m1/s1. The molecule has 1 aliphatic rings. The van der Waals surface area contributed by atoms with Gasteiger partial charge in [0, 0.05) is 12.6 Å². The van der Waals surface area contributed by atoms with Crippen LogP contribution in [0.5, 0.6) is 0 Å². The molecule has 48 valence electrons. The molecule has 1 fully saturated rings. The van der Waals surface area contributed by atoms with Crippen molar-refractivity contribution in [1.29, 1.82) is 0 Å². The summed E-state index contributed by atoms with van der Waals surface area (Å²) in [6.07, 6.45) is 1.39. The smallest absolute Gasteiger partial charge is 0.00670 e.